The molecule has 1 aromatic carbocycles. The van der Waals surface area contributed by atoms with Gasteiger partial charge in [0.05, 0.1) is 18.0 Å². The lowest BCUT2D eigenvalue weighted by Gasteiger charge is -2.18. The molecule has 6 heteroatoms. The van der Waals surface area contributed by atoms with Crippen molar-refractivity contribution in [3.8, 4) is 5.75 Å². The molecule has 6 nitrogen and oxygen atoms in total. The predicted molar refractivity (Wildman–Crippen MR) is 94.2 cm³/mol. The standard InChI is InChI=1S/C17H23N5O/c1-4-22(5-2)10-9-18-17-16-15(19-11-20-17)14-12(21-16)7-6-8-13(14)23-3/h6-8,11,21H,4-5,9-10H2,1-3H3,(H,18,19,20). The van der Waals surface area contributed by atoms with E-state index in [9.17, 15) is 0 Å². The lowest BCUT2D eigenvalue weighted by Crippen LogP contribution is -2.28. The lowest BCUT2D eigenvalue weighted by molar-refractivity contribution is 0.316. The molecular weight excluding hydrogens is 290 g/mol. The Balaban J connectivity index is 1.93. The number of hydrogen-bond donors (Lipinski definition) is 2. The van der Waals surface area contributed by atoms with Gasteiger partial charge in [0, 0.05) is 13.1 Å². The van der Waals surface area contributed by atoms with E-state index in [1.165, 1.54) is 0 Å². The molecule has 0 saturated carbocycles. The molecular formula is C17H23N5O. The summed E-state index contributed by atoms with van der Waals surface area (Å²) in [6.45, 7) is 8.30. The number of rotatable bonds is 7. The first-order valence-electron chi connectivity index (χ1n) is 8.04. The van der Waals surface area contributed by atoms with Crippen LogP contribution in [0, 0.1) is 0 Å². The number of anilines is 1. The molecule has 0 bridgehead atoms. The van der Waals surface area contributed by atoms with E-state index in [0.717, 1.165) is 59.7 Å². The Kier molecular flexibility index (Phi) is 4.62. The Morgan fingerprint density at radius 3 is 2.78 bits per heavy atom. The fourth-order valence-electron chi connectivity index (χ4n) is 2.88. The van der Waals surface area contributed by atoms with Crippen LogP contribution in [0.1, 0.15) is 13.8 Å². The van der Waals surface area contributed by atoms with Gasteiger partial charge in [-0.3, -0.25) is 0 Å². The molecule has 23 heavy (non-hydrogen) atoms. The molecule has 0 atom stereocenters. The largest absolute Gasteiger partial charge is 0.496 e. The van der Waals surface area contributed by atoms with Gasteiger partial charge in [-0.25, -0.2) is 9.97 Å². The number of nitrogens with zero attached hydrogens (tertiary/aromatic N) is 3. The highest BCUT2D eigenvalue weighted by Gasteiger charge is 2.13. The SMILES string of the molecule is CCN(CC)CCNc1ncnc2c1[nH]c1cccc(OC)c12. The van der Waals surface area contributed by atoms with Crippen LogP contribution >= 0.6 is 0 Å². The van der Waals surface area contributed by atoms with Crippen LogP contribution in [-0.2, 0) is 0 Å². The van der Waals surface area contributed by atoms with Gasteiger partial charge in [-0.05, 0) is 25.2 Å². The zero-order valence-electron chi connectivity index (χ0n) is 13.9. The first-order chi connectivity index (χ1) is 11.3. The molecule has 3 rings (SSSR count). The van der Waals surface area contributed by atoms with E-state index in [4.69, 9.17) is 4.74 Å². The zero-order valence-corrected chi connectivity index (χ0v) is 13.9. The Morgan fingerprint density at radius 1 is 1.22 bits per heavy atom. The second-order valence-electron chi connectivity index (χ2n) is 5.41. The van der Waals surface area contributed by atoms with Gasteiger partial charge in [-0.15, -0.1) is 0 Å². The van der Waals surface area contributed by atoms with E-state index in [-0.39, 0.29) is 0 Å². The van der Waals surface area contributed by atoms with Crippen LogP contribution in [0.3, 0.4) is 0 Å². The minimum Gasteiger partial charge on any atom is -0.496 e. The molecule has 2 heterocycles. The summed E-state index contributed by atoms with van der Waals surface area (Å²) >= 11 is 0. The zero-order chi connectivity index (χ0) is 16.2. The third-order valence-corrected chi connectivity index (χ3v) is 4.20. The number of ether oxygens (including phenoxy) is 1. The summed E-state index contributed by atoms with van der Waals surface area (Å²) in [6, 6.07) is 5.95. The van der Waals surface area contributed by atoms with Crippen molar-refractivity contribution in [1.82, 2.24) is 19.9 Å². The van der Waals surface area contributed by atoms with Crippen LogP contribution in [0.25, 0.3) is 21.9 Å². The maximum Gasteiger partial charge on any atom is 0.153 e. The van der Waals surface area contributed by atoms with Gasteiger partial charge in [0.15, 0.2) is 5.82 Å². The first-order valence-corrected chi connectivity index (χ1v) is 8.04. The molecule has 0 amide bonds. The van der Waals surface area contributed by atoms with E-state index in [0.29, 0.717) is 0 Å². The van der Waals surface area contributed by atoms with Gasteiger partial charge < -0.3 is 19.9 Å². The highest BCUT2D eigenvalue weighted by Crippen LogP contribution is 2.33. The molecule has 0 aliphatic rings. The van der Waals surface area contributed by atoms with Crippen LogP contribution < -0.4 is 10.1 Å². The molecule has 0 fully saturated rings. The van der Waals surface area contributed by atoms with E-state index in [2.05, 4.69) is 39.0 Å². The lowest BCUT2D eigenvalue weighted by atomic mass is 10.2. The van der Waals surface area contributed by atoms with Crippen LogP contribution in [0.4, 0.5) is 5.82 Å². The quantitative estimate of drug-likeness (QED) is 0.702. The molecule has 3 aromatic rings. The number of fused-ring (bicyclic) bond motifs is 3. The van der Waals surface area contributed by atoms with E-state index >= 15 is 0 Å². The molecule has 0 radical (unpaired) electrons. The van der Waals surface area contributed by atoms with Gasteiger partial charge in [0.2, 0.25) is 0 Å². The number of hydrogen-bond acceptors (Lipinski definition) is 5. The van der Waals surface area contributed by atoms with E-state index in [1.54, 1.807) is 13.4 Å². The summed E-state index contributed by atoms with van der Waals surface area (Å²) in [7, 11) is 1.68. The van der Waals surface area contributed by atoms with Crippen molar-refractivity contribution in [2.75, 3.05) is 38.6 Å². The highest BCUT2D eigenvalue weighted by molar-refractivity contribution is 6.10. The number of aromatic nitrogens is 3. The minimum absolute atomic E-state index is 0.821. The average molecular weight is 313 g/mol. The van der Waals surface area contributed by atoms with Gasteiger partial charge in [0.25, 0.3) is 0 Å². The van der Waals surface area contributed by atoms with Crippen molar-refractivity contribution in [2.24, 2.45) is 0 Å². The predicted octanol–water partition coefficient (Wildman–Crippen LogP) is 2.87. The first kappa shape index (κ1) is 15.6. The summed E-state index contributed by atoms with van der Waals surface area (Å²) in [5, 5.41) is 4.42. The molecule has 2 N–H and O–H groups in total. The number of nitrogens with one attached hydrogen (secondary N) is 2. The molecule has 0 saturated heterocycles. The van der Waals surface area contributed by atoms with Gasteiger partial charge >= 0.3 is 0 Å². The van der Waals surface area contributed by atoms with Crippen LogP contribution in [0.15, 0.2) is 24.5 Å². The van der Waals surface area contributed by atoms with E-state index < -0.39 is 0 Å². The normalized spacial score (nSPS) is 11.5. The van der Waals surface area contributed by atoms with Crippen molar-refractivity contribution in [3.05, 3.63) is 24.5 Å². The smallest absolute Gasteiger partial charge is 0.153 e. The number of H-pyrrole nitrogens is 1. The second kappa shape index (κ2) is 6.83. The number of methoxy groups -OCH3 is 1. The van der Waals surface area contributed by atoms with Crippen LogP contribution in [0.2, 0.25) is 0 Å². The monoisotopic (exact) mass is 313 g/mol. The third kappa shape index (κ3) is 2.94. The fourth-order valence-corrected chi connectivity index (χ4v) is 2.88. The molecule has 0 spiro atoms. The summed E-state index contributed by atoms with van der Waals surface area (Å²) in [6.07, 6.45) is 1.60. The summed E-state index contributed by atoms with van der Waals surface area (Å²) in [5.41, 5.74) is 2.82. The Hall–Kier alpha value is -2.34. The minimum atomic E-state index is 0.821. The maximum atomic E-state index is 5.47. The Labute approximate surface area is 135 Å². The van der Waals surface area contributed by atoms with Crippen LogP contribution in [0.5, 0.6) is 5.75 Å². The molecule has 0 unspecified atom stereocenters. The molecule has 0 aliphatic carbocycles. The van der Waals surface area contributed by atoms with Crippen molar-refractivity contribution in [1.29, 1.82) is 0 Å². The number of aromatic amines is 1. The van der Waals surface area contributed by atoms with Gasteiger partial charge in [0.1, 0.15) is 23.1 Å². The summed E-state index contributed by atoms with van der Waals surface area (Å²) in [4.78, 5) is 14.6. The van der Waals surface area contributed by atoms with E-state index in [1.807, 2.05) is 18.2 Å². The highest BCUT2D eigenvalue weighted by atomic mass is 16.5. The van der Waals surface area contributed by atoms with Crippen molar-refractivity contribution in [2.45, 2.75) is 13.8 Å². The number of benzene rings is 1. The maximum absolute atomic E-state index is 5.47. The van der Waals surface area contributed by atoms with Crippen LogP contribution in [-0.4, -0.2) is 53.1 Å². The van der Waals surface area contributed by atoms with Crippen molar-refractivity contribution in [3.63, 3.8) is 0 Å². The fraction of sp³-hybridized carbons (Fsp3) is 0.412. The van der Waals surface area contributed by atoms with Crippen molar-refractivity contribution >= 4 is 27.8 Å². The third-order valence-electron chi connectivity index (χ3n) is 4.20. The molecule has 122 valence electrons. The summed E-state index contributed by atoms with van der Waals surface area (Å²) in [5.74, 6) is 1.65. The van der Waals surface area contributed by atoms with Gasteiger partial charge in [-0.1, -0.05) is 19.9 Å². The van der Waals surface area contributed by atoms with Crippen molar-refractivity contribution < 1.29 is 4.74 Å². The average Bonchev–Trinajstić information content (AvgIpc) is 2.98. The molecule has 0 aliphatic heterocycles. The topological polar surface area (TPSA) is 66.1 Å². The number of likely N-dealkylation sites (N-methyl/N-ethyl adjacent to an activating group) is 1. The Bertz CT molecular complexity index is 794. The second-order valence-corrected chi connectivity index (χ2v) is 5.41. The molecule has 2 aromatic heterocycles. The van der Waals surface area contributed by atoms with Gasteiger partial charge in [-0.2, -0.15) is 0 Å². The summed E-state index contributed by atoms with van der Waals surface area (Å²) < 4.78 is 5.47. The Morgan fingerprint density at radius 2 is 2.04 bits per heavy atom.